The second kappa shape index (κ2) is 4.28. The van der Waals surface area contributed by atoms with Crippen LogP contribution in [0.15, 0.2) is 0 Å². The van der Waals surface area contributed by atoms with Gasteiger partial charge in [-0.1, -0.05) is 0 Å². The molecule has 0 amide bonds. The normalized spacial score (nSPS) is 27.9. The predicted molar refractivity (Wildman–Crippen MR) is 53.3 cm³/mol. The lowest BCUT2D eigenvalue weighted by Crippen LogP contribution is -2.49. The van der Waals surface area contributed by atoms with Crippen molar-refractivity contribution in [2.45, 2.75) is 51.4 Å². The van der Waals surface area contributed by atoms with Gasteiger partial charge in [0.25, 0.3) is 0 Å². The zero-order valence-electron chi connectivity index (χ0n) is 9.04. The molecule has 2 atom stereocenters. The number of carboxylic acids is 1. The first-order valence-corrected chi connectivity index (χ1v) is 5.05. The number of rotatable bonds is 4. The van der Waals surface area contributed by atoms with Crippen LogP contribution in [0.1, 0.15) is 33.6 Å². The van der Waals surface area contributed by atoms with Crippen molar-refractivity contribution >= 4 is 5.97 Å². The highest BCUT2D eigenvalue weighted by Gasteiger charge is 2.29. The van der Waals surface area contributed by atoms with Gasteiger partial charge in [0.1, 0.15) is 5.54 Å². The summed E-state index contributed by atoms with van der Waals surface area (Å²) in [5, 5.41) is 11.9. The fourth-order valence-electron chi connectivity index (χ4n) is 1.48. The molecule has 4 nitrogen and oxygen atoms in total. The molecule has 14 heavy (non-hydrogen) atoms. The lowest BCUT2D eigenvalue weighted by atomic mass is 10.1. The van der Waals surface area contributed by atoms with Gasteiger partial charge in [0.05, 0.1) is 12.2 Å². The van der Waals surface area contributed by atoms with Crippen molar-refractivity contribution in [3.05, 3.63) is 0 Å². The van der Waals surface area contributed by atoms with Crippen LogP contribution in [0.2, 0.25) is 0 Å². The standard InChI is InChI=1S/C10H19NO3/c1-7-4-5-8(14-7)6-11-10(2,3)9(12)13/h7-8,11H,4-6H2,1-3H3,(H,12,13). The minimum atomic E-state index is -0.866. The summed E-state index contributed by atoms with van der Waals surface area (Å²) in [6, 6.07) is 0. The fourth-order valence-corrected chi connectivity index (χ4v) is 1.48. The number of ether oxygens (including phenoxy) is 1. The molecular weight excluding hydrogens is 182 g/mol. The second-order valence-corrected chi connectivity index (χ2v) is 4.46. The van der Waals surface area contributed by atoms with Crippen LogP contribution in [0.3, 0.4) is 0 Å². The van der Waals surface area contributed by atoms with Crippen LogP contribution in [0.5, 0.6) is 0 Å². The molecule has 1 rings (SSSR count). The quantitative estimate of drug-likeness (QED) is 0.712. The average Bonchev–Trinajstić information content (AvgIpc) is 2.48. The Morgan fingerprint density at radius 2 is 2.21 bits per heavy atom. The van der Waals surface area contributed by atoms with Gasteiger partial charge < -0.3 is 9.84 Å². The Labute approximate surface area is 84.6 Å². The lowest BCUT2D eigenvalue weighted by molar-refractivity contribution is -0.143. The van der Waals surface area contributed by atoms with E-state index in [4.69, 9.17) is 9.84 Å². The summed E-state index contributed by atoms with van der Waals surface area (Å²) in [7, 11) is 0. The molecule has 0 aromatic heterocycles. The van der Waals surface area contributed by atoms with Crippen LogP contribution in [0.25, 0.3) is 0 Å². The zero-order valence-corrected chi connectivity index (χ0v) is 9.04. The van der Waals surface area contributed by atoms with Gasteiger partial charge in [-0.3, -0.25) is 10.1 Å². The van der Waals surface area contributed by atoms with E-state index in [1.807, 2.05) is 6.92 Å². The molecule has 4 heteroatoms. The maximum absolute atomic E-state index is 10.8. The number of nitrogens with one attached hydrogen (secondary N) is 1. The second-order valence-electron chi connectivity index (χ2n) is 4.46. The van der Waals surface area contributed by atoms with Crippen LogP contribution in [0.4, 0.5) is 0 Å². The highest BCUT2D eigenvalue weighted by molar-refractivity contribution is 5.77. The van der Waals surface area contributed by atoms with E-state index in [1.54, 1.807) is 13.8 Å². The minimum Gasteiger partial charge on any atom is -0.480 e. The number of hydrogen-bond donors (Lipinski definition) is 2. The largest absolute Gasteiger partial charge is 0.480 e. The first-order chi connectivity index (χ1) is 6.42. The summed E-state index contributed by atoms with van der Waals surface area (Å²) in [5.41, 5.74) is -0.866. The molecule has 1 saturated heterocycles. The Balaban J connectivity index is 2.30. The molecule has 1 heterocycles. The third-order valence-electron chi connectivity index (χ3n) is 2.63. The Kier molecular flexibility index (Phi) is 3.50. The van der Waals surface area contributed by atoms with Gasteiger partial charge in [-0.25, -0.2) is 0 Å². The van der Waals surface area contributed by atoms with E-state index in [1.165, 1.54) is 0 Å². The lowest BCUT2D eigenvalue weighted by Gasteiger charge is -2.23. The first-order valence-electron chi connectivity index (χ1n) is 5.05. The van der Waals surface area contributed by atoms with Crippen LogP contribution in [-0.2, 0) is 9.53 Å². The topological polar surface area (TPSA) is 58.6 Å². The number of carbonyl (C=O) groups is 1. The summed E-state index contributed by atoms with van der Waals surface area (Å²) >= 11 is 0. The third-order valence-corrected chi connectivity index (χ3v) is 2.63. The van der Waals surface area contributed by atoms with Crippen LogP contribution in [-0.4, -0.2) is 35.4 Å². The van der Waals surface area contributed by atoms with Crippen molar-refractivity contribution in [2.75, 3.05) is 6.54 Å². The molecule has 0 aliphatic carbocycles. The van der Waals surface area contributed by atoms with Gasteiger partial charge in [-0.2, -0.15) is 0 Å². The Morgan fingerprint density at radius 1 is 1.57 bits per heavy atom. The van der Waals surface area contributed by atoms with E-state index in [-0.39, 0.29) is 6.10 Å². The molecule has 1 fully saturated rings. The average molecular weight is 201 g/mol. The van der Waals surface area contributed by atoms with Crippen molar-refractivity contribution in [2.24, 2.45) is 0 Å². The van der Waals surface area contributed by atoms with Gasteiger partial charge in [0, 0.05) is 6.54 Å². The number of hydrogen-bond acceptors (Lipinski definition) is 3. The molecule has 2 unspecified atom stereocenters. The third kappa shape index (κ3) is 2.96. The van der Waals surface area contributed by atoms with Gasteiger partial charge in [-0.05, 0) is 33.6 Å². The van der Waals surface area contributed by atoms with Crippen molar-refractivity contribution < 1.29 is 14.6 Å². The molecular formula is C10H19NO3. The monoisotopic (exact) mass is 201 g/mol. The van der Waals surface area contributed by atoms with Crippen molar-refractivity contribution in [3.63, 3.8) is 0 Å². The molecule has 0 aromatic carbocycles. The Morgan fingerprint density at radius 3 is 2.64 bits per heavy atom. The number of carboxylic acid groups (broad SMARTS) is 1. The molecule has 0 aromatic rings. The van der Waals surface area contributed by atoms with E-state index in [0.717, 1.165) is 12.8 Å². The molecule has 82 valence electrons. The van der Waals surface area contributed by atoms with E-state index in [9.17, 15) is 4.79 Å². The van der Waals surface area contributed by atoms with Gasteiger partial charge in [0.15, 0.2) is 0 Å². The summed E-state index contributed by atoms with van der Waals surface area (Å²) in [6.07, 6.45) is 2.57. The molecule has 1 aliphatic rings. The summed E-state index contributed by atoms with van der Waals surface area (Å²) in [5.74, 6) is -0.830. The molecule has 0 bridgehead atoms. The molecule has 0 radical (unpaired) electrons. The SMILES string of the molecule is CC1CCC(CNC(C)(C)C(=O)O)O1. The highest BCUT2D eigenvalue weighted by atomic mass is 16.5. The smallest absolute Gasteiger partial charge is 0.323 e. The Hall–Kier alpha value is -0.610. The molecule has 0 saturated carbocycles. The van der Waals surface area contributed by atoms with Gasteiger partial charge in [-0.15, -0.1) is 0 Å². The fraction of sp³-hybridized carbons (Fsp3) is 0.900. The zero-order chi connectivity index (χ0) is 10.8. The van der Waals surface area contributed by atoms with Crippen molar-refractivity contribution in [1.29, 1.82) is 0 Å². The van der Waals surface area contributed by atoms with Crippen molar-refractivity contribution in [3.8, 4) is 0 Å². The summed E-state index contributed by atoms with van der Waals surface area (Å²) in [4.78, 5) is 10.8. The van der Waals surface area contributed by atoms with Gasteiger partial charge >= 0.3 is 5.97 Å². The minimum absolute atomic E-state index is 0.170. The first kappa shape index (κ1) is 11.5. The van der Waals surface area contributed by atoms with Crippen LogP contribution >= 0.6 is 0 Å². The van der Waals surface area contributed by atoms with Crippen LogP contribution in [0, 0.1) is 0 Å². The molecule has 1 aliphatic heterocycles. The van der Waals surface area contributed by atoms with E-state index in [0.29, 0.717) is 12.6 Å². The summed E-state index contributed by atoms with van der Waals surface area (Å²) < 4.78 is 5.58. The summed E-state index contributed by atoms with van der Waals surface area (Å²) in [6.45, 7) is 5.98. The van der Waals surface area contributed by atoms with Crippen molar-refractivity contribution in [1.82, 2.24) is 5.32 Å². The maximum Gasteiger partial charge on any atom is 0.323 e. The molecule has 0 spiro atoms. The highest BCUT2D eigenvalue weighted by Crippen LogP contribution is 2.18. The maximum atomic E-state index is 10.8. The predicted octanol–water partition coefficient (Wildman–Crippen LogP) is 1.01. The van der Waals surface area contributed by atoms with E-state index < -0.39 is 11.5 Å². The van der Waals surface area contributed by atoms with Gasteiger partial charge in [0.2, 0.25) is 0 Å². The van der Waals surface area contributed by atoms with E-state index in [2.05, 4.69) is 5.32 Å². The number of aliphatic carboxylic acids is 1. The Bertz CT molecular complexity index is 215. The molecule has 2 N–H and O–H groups in total. The van der Waals surface area contributed by atoms with Crippen LogP contribution < -0.4 is 5.32 Å². The van der Waals surface area contributed by atoms with E-state index >= 15 is 0 Å².